The molecular weight excluding hydrogens is 212 g/mol. The fraction of sp³-hybridized carbons (Fsp3) is 0. The molecule has 2 aromatic carbocycles. The predicted molar refractivity (Wildman–Crippen MR) is 69.7 cm³/mol. The maximum atomic E-state index is 11.4. The number of aromatic hydroxyl groups is 1. The third-order valence-electron chi connectivity index (χ3n) is 2.40. The van der Waals surface area contributed by atoms with E-state index in [-0.39, 0.29) is 11.2 Å². The first-order chi connectivity index (χ1) is 8.27. The van der Waals surface area contributed by atoms with Crippen LogP contribution < -0.4 is 5.43 Å². The molecule has 0 fully saturated rings. The Morgan fingerprint density at radius 2 is 1.47 bits per heavy atom. The SMILES string of the molecule is O=c1ccccc(/C=C/c2ccccc2)c1O. The van der Waals surface area contributed by atoms with Crippen molar-refractivity contribution in [2.45, 2.75) is 0 Å². The van der Waals surface area contributed by atoms with E-state index >= 15 is 0 Å². The Bertz CT molecular complexity index is 586. The van der Waals surface area contributed by atoms with Crippen molar-refractivity contribution in [2.75, 3.05) is 0 Å². The van der Waals surface area contributed by atoms with Crippen molar-refractivity contribution in [3.8, 4) is 5.75 Å². The summed E-state index contributed by atoms with van der Waals surface area (Å²) < 4.78 is 0. The highest BCUT2D eigenvalue weighted by Crippen LogP contribution is 2.13. The minimum Gasteiger partial charge on any atom is -0.504 e. The van der Waals surface area contributed by atoms with Gasteiger partial charge in [-0.2, -0.15) is 0 Å². The van der Waals surface area contributed by atoms with E-state index in [4.69, 9.17) is 0 Å². The van der Waals surface area contributed by atoms with Crippen LogP contribution in [0.3, 0.4) is 0 Å². The molecule has 17 heavy (non-hydrogen) atoms. The fourth-order valence-corrected chi connectivity index (χ4v) is 1.49. The quantitative estimate of drug-likeness (QED) is 0.851. The van der Waals surface area contributed by atoms with Crippen LogP contribution in [0.4, 0.5) is 0 Å². The van der Waals surface area contributed by atoms with Crippen molar-refractivity contribution in [1.82, 2.24) is 0 Å². The summed E-state index contributed by atoms with van der Waals surface area (Å²) in [5.74, 6) is -0.220. The van der Waals surface area contributed by atoms with Crippen molar-refractivity contribution in [3.05, 3.63) is 75.9 Å². The largest absolute Gasteiger partial charge is 0.504 e. The fourth-order valence-electron chi connectivity index (χ4n) is 1.49. The minimum atomic E-state index is -0.372. The lowest BCUT2D eigenvalue weighted by atomic mass is 10.1. The van der Waals surface area contributed by atoms with E-state index in [9.17, 15) is 9.90 Å². The first kappa shape index (κ1) is 11.1. The molecule has 1 N–H and O–H groups in total. The number of rotatable bonds is 2. The number of hydrogen-bond acceptors (Lipinski definition) is 2. The average molecular weight is 224 g/mol. The van der Waals surface area contributed by atoms with Crippen molar-refractivity contribution >= 4 is 12.2 Å². The molecule has 0 atom stereocenters. The summed E-state index contributed by atoms with van der Waals surface area (Å²) in [7, 11) is 0. The van der Waals surface area contributed by atoms with Gasteiger partial charge in [-0.3, -0.25) is 4.79 Å². The lowest BCUT2D eigenvalue weighted by Gasteiger charge is -1.93. The summed E-state index contributed by atoms with van der Waals surface area (Å²) in [5.41, 5.74) is 1.16. The van der Waals surface area contributed by atoms with Crippen LogP contribution in [0.25, 0.3) is 12.2 Å². The Labute approximate surface area is 99.5 Å². The van der Waals surface area contributed by atoms with Gasteiger partial charge in [0.15, 0.2) is 5.75 Å². The Morgan fingerprint density at radius 3 is 2.24 bits per heavy atom. The lowest BCUT2D eigenvalue weighted by Crippen LogP contribution is -1.93. The second-order valence-electron chi connectivity index (χ2n) is 3.63. The van der Waals surface area contributed by atoms with E-state index in [1.54, 1.807) is 24.3 Å². The van der Waals surface area contributed by atoms with Gasteiger partial charge < -0.3 is 5.11 Å². The molecule has 0 aliphatic carbocycles. The van der Waals surface area contributed by atoms with Gasteiger partial charge in [0.1, 0.15) is 0 Å². The maximum Gasteiger partial charge on any atom is 0.220 e. The highest BCUT2D eigenvalue weighted by molar-refractivity contribution is 5.71. The molecule has 0 heterocycles. The smallest absolute Gasteiger partial charge is 0.220 e. The highest BCUT2D eigenvalue weighted by Gasteiger charge is 1.98. The first-order valence-corrected chi connectivity index (χ1v) is 5.33. The zero-order chi connectivity index (χ0) is 12.1. The van der Waals surface area contributed by atoms with Gasteiger partial charge in [0.25, 0.3) is 0 Å². The van der Waals surface area contributed by atoms with Gasteiger partial charge in [-0.15, -0.1) is 0 Å². The van der Waals surface area contributed by atoms with Crippen LogP contribution in [0.5, 0.6) is 5.75 Å². The molecule has 0 radical (unpaired) electrons. The number of benzene rings is 1. The highest BCUT2D eigenvalue weighted by atomic mass is 16.3. The summed E-state index contributed by atoms with van der Waals surface area (Å²) in [5, 5.41) is 9.67. The molecule has 84 valence electrons. The minimum absolute atomic E-state index is 0.220. The second kappa shape index (κ2) is 5.12. The van der Waals surface area contributed by atoms with Gasteiger partial charge in [0.05, 0.1) is 0 Å². The van der Waals surface area contributed by atoms with Crippen molar-refractivity contribution in [2.24, 2.45) is 0 Å². The summed E-state index contributed by atoms with van der Waals surface area (Å²) in [6.07, 6.45) is 3.58. The average Bonchev–Trinajstić information content (AvgIpc) is 2.52. The first-order valence-electron chi connectivity index (χ1n) is 5.33. The van der Waals surface area contributed by atoms with E-state index in [0.29, 0.717) is 5.56 Å². The van der Waals surface area contributed by atoms with Gasteiger partial charge in [-0.05, 0) is 11.6 Å². The van der Waals surface area contributed by atoms with Crippen LogP contribution in [-0.2, 0) is 0 Å². The molecule has 0 aliphatic rings. The standard InChI is InChI=1S/C15H12O2/c16-14-9-5-4-8-13(15(14)17)11-10-12-6-2-1-3-7-12/h1-11H,(H,16,17)/b11-10+. The van der Waals surface area contributed by atoms with E-state index in [1.165, 1.54) is 6.07 Å². The predicted octanol–water partition coefficient (Wildman–Crippen LogP) is 2.92. The second-order valence-corrected chi connectivity index (χ2v) is 3.63. The zero-order valence-electron chi connectivity index (χ0n) is 9.21. The van der Waals surface area contributed by atoms with Gasteiger partial charge >= 0.3 is 0 Å². The Morgan fingerprint density at radius 1 is 0.824 bits per heavy atom. The molecule has 0 bridgehead atoms. The molecular formula is C15H12O2. The molecule has 2 rings (SSSR count). The van der Waals surface area contributed by atoms with Crippen molar-refractivity contribution in [3.63, 3.8) is 0 Å². The van der Waals surface area contributed by atoms with Crippen molar-refractivity contribution in [1.29, 1.82) is 0 Å². The van der Waals surface area contributed by atoms with E-state index in [1.807, 2.05) is 36.4 Å². The molecule has 2 heteroatoms. The lowest BCUT2D eigenvalue weighted by molar-refractivity contribution is 0.470. The molecule has 0 saturated heterocycles. The maximum absolute atomic E-state index is 11.4. The van der Waals surface area contributed by atoms with Gasteiger partial charge in [0.2, 0.25) is 5.43 Å². The Balaban J connectivity index is 2.38. The van der Waals surface area contributed by atoms with Gasteiger partial charge in [-0.1, -0.05) is 60.7 Å². The van der Waals surface area contributed by atoms with Crippen LogP contribution in [0, 0.1) is 0 Å². The van der Waals surface area contributed by atoms with Crippen LogP contribution in [0.15, 0.2) is 59.4 Å². The molecule has 0 aromatic heterocycles. The van der Waals surface area contributed by atoms with Gasteiger partial charge in [0, 0.05) is 5.56 Å². The molecule has 0 amide bonds. The zero-order valence-corrected chi connectivity index (χ0v) is 9.21. The summed E-state index contributed by atoms with van der Waals surface area (Å²) in [6, 6.07) is 16.1. The summed E-state index contributed by atoms with van der Waals surface area (Å²) in [4.78, 5) is 11.4. The Kier molecular flexibility index (Phi) is 3.36. The molecule has 2 aromatic rings. The Hall–Kier alpha value is -2.35. The number of hydrogen-bond donors (Lipinski definition) is 1. The van der Waals surface area contributed by atoms with Crippen LogP contribution in [-0.4, -0.2) is 5.11 Å². The third kappa shape index (κ3) is 2.82. The van der Waals surface area contributed by atoms with E-state index < -0.39 is 0 Å². The molecule has 0 aliphatic heterocycles. The third-order valence-corrected chi connectivity index (χ3v) is 2.40. The van der Waals surface area contributed by atoms with Crippen LogP contribution in [0.1, 0.15) is 11.1 Å². The topological polar surface area (TPSA) is 37.3 Å². The molecule has 0 spiro atoms. The summed E-state index contributed by atoms with van der Waals surface area (Å²) >= 11 is 0. The normalized spacial score (nSPS) is 10.6. The molecule has 0 unspecified atom stereocenters. The van der Waals surface area contributed by atoms with Crippen LogP contribution in [0.2, 0.25) is 0 Å². The van der Waals surface area contributed by atoms with E-state index in [2.05, 4.69) is 0 Å². The molecule has 0 saturated carbocycles. The van der Waals surface area contributed by atoms with E-state index in [0.717, 1.165) is 5.56 Å². The monoisotopic (exact) mass is 224 g/mol. The molecule has 2 nitrogen and oxygen atoms in total. The van der Waals surface area contributed by atoms with Gasteiger partial charge in [-0.25, -0.2) is 0 Å². The van der Waals surface area contributed by atoms with Crippen molar-refractivity contribution < 1.29 is 5.11 Å². The summed E-state index contributed by atoms with van der Waals surface area (Å²) in [6.45, 7) is 0. The van der Waals surface area contributed by atoms with Crippen LogP contribution >= 0.6 is 0 Å².